The van der Waals surface area contributed by atoms with E-state index in [2.05, 4.69) is 56.4 Å². The highest BCUT2D eigenvalue weighted by Crippen LogP contribution is 2.38. The molecular formula is C18H23NOS. The van der Waals surface area contributed by atoms with Crippen LogP contribution in [0.4, 0.5) is 0 Å². The molecule has 0 saturated carbocycles. The van der Waals surface area contributed by atoms with E-state index < -0.39 is 0 Å². The van der Waals surface area contributed by atoms with Crippen LogP contribution >= 0.6 is 11.3 Å². The van der Waals surface area contributed by atoms with Crippen LogP contribution in [-0.4, -0.2) is 13.2 Å². The molecule has 1 aromatic carbocycles. The van der Waals surface area contributed by atoms with Gasteiger partial charge >= 0.3 is 0 Å². The molecule has 0 aliphatic carbocycles. The largest absolute Gasteiger partial charge is 0.488 e. The van der Waals surface area contributed by atoms with Crippen molar-refractivity contribution in [2.45, 2.75) is 44.8 Å². The molecule has 3 heteroatoms. The van der Waals surface area contributed by atoms with Gasteiger partial charge in [0.15, 0.2) is 0 Å². The predicted octanol–water partition coefficient (Wildman–Crippen LogP) is 4.31. The number of benzene rings is 1. The van der Waals surface area contributed by atoms with Crippen molar-refractivity contribution in [1.82, 2.24) is 5.32 Å². The summed E-state index contributed by atoms with van der Waals surface area (Å²) in [6.45, 7) is 6.79. The minimum absolute atomic E-state index is 0.180. The summed E-state index contributed by atoms with van der Waals surface area (Å²) >= 11 is 1.90. The number of likely N-dealkylation sites (N-methyl/N-ethyl adjacent to an activating group) is 1. The molecule has 2 nitrogen and oxygen atoms in total. The average molecular weight is 301 g/mol. The van der Waals surface area contributed by atoms with Gasteiger partial charge in [-0.25, -0.2) is 0 Å². The third-order valence-electron chi connectivity index (χ3n) is 4.03. The molecule has 0 fully saturated rings. The van der Waals surface area contributed by atoms with Crippen LogP contribution in [0.25, 0.3) is 0 Å². The third-order valence-corrected chi connectivity index (χ3v) is 5.62. The molecule has 0 saturated heterocycles. The summed E-state index contributed by atoms with van der Waals surface area (Å²) in [5.74, 6) is 1.04. The minimum atomic E-state index is 0.180. The molecule has 2 heterocycles. The van der Waals surface area contributed by atoms with Gasteiger partial charge < -0.3 is 10.1 Å². The zero-order valence-corrected chi connectivity index (χ0v) is 14.0. The highest BCUT2D eigenvalue weighted by Gasteiger charge is 2.31. The molecule has 2 unspecified atom stereocenters. The van der Waals surface area contributed by atoms with Crippen molar-refractivity contribution < 1.29 is 4.74 Å². The monoisotopic (exact) mass is 301 g/mol. The summed E-state index contributed by atoms with van der Waals surface area (Å²) in [7, 11) is 2.02. The van der Waals surface area contributed by atoms with E-state index in [4.69, 9.17) is 4.74 Å². The van der Waals surface area contributed by atoms with E-state index in [1.807, 2.05) is 24.5 Å². The number of hydrogen-bond acceptors (Lipinski definition) is 3. The second-order valence-corrected chi connectivity index (χ2v) is 7.80. The molecule has 1 N–H and O–H groups in total. The number of para-hydroxylation sites is 1. The van der Waals surface area contributed by atoms with E-state index in [1.165, 1.54) is 15.3 Å². The lowest BCUT2D eigenvalue weighted by Gasteiger charge is -2.22. The highest BCUT2D eigenvalue weighted by atomic mass is 32.1. The van der Waals surface area contributed by atoms with Crippen molar-refractivity contribution >= 4 is 11.3 Å². The van der Waals surface area contributed by atoms with Crippen LogP contribution < -0.4 is 10.1 Å². The van der Waals surface area contributed by atoms with Gasteiger partial charge in [-0.15, -0.1) is 11.3 Å². The first-order valence-corrected chi connectivity index (χ1v) is 8.33. The maximum Gasteiger partial charge on any atom is 0.123 e. The zero-order chi connectivity index (χ0) is 15.0. The zero-order valence-electron chi connectivity index (χ0n) is 13.1. The molecule has 3 rings (SSSR count). The molecule has 0 bridgehead atoms. The topological polar surface area (TPSA) is 21.3 Å². The number of ether oxygens (including phenoxy) is 1. The van der Waals surface area contributed by atoms with E-state index in [0.717, 1.165) is 12.2 Å². The SMILES string of the molecule is CNC(c1ccc(C(C)(C)C)s1)C1Cc2ccccc2O1. The first-order valence-electron chi connectivity index (χ1n) is 7.51. The second kappa shape index (κ2) is 5.47. The van der Waals surface area contributed by atoms with Crippen LogP contribution in [0, 0.1) is 0 Å². The molecule has 1 aliphatic rings. The van der Waals surface area contributed by atoms with Crippen LogP contribution in [0.1, 0.15) is 42.1 Å². The second-order valence-electron chi connectivity index (χ2n) is 6.69. The summed E-state index contributed by atoms with van der Waals surface area (Å²) in [5, 5.41) is 3.45. The lowest BCUT2D eigenvalue weighted by molar-refractivity contribution is 0.185. The molecule has 2 atom stereocenters. The van der Waals surface area contributed by atoms with E-state index in [1.54, 1.807) is 0 Å². The summed E-state index contributed by atoms with van der Waals surface area (Å²) < 4.78 is 6.15. The van der Waals surface area contributed by atoms with Crippen LogP contribution in [-0.2, 0) is 11.8 Å². The summed E-state index contributed by atoms with van der Waals surface area (Å²) in [5.41, 5.74) is 1.52. The minimum Gasteiger partial charge on any atom is -0.488 e. The first kappa shape index (κ1) is 14.6. The van der Waals surface area contributed by atoms with Gasteiger partial charge in [0, 0.05) is 16.2 Å². The Morgan fingerprint density at radius 2 is 1.95 bits per heavy atom. The Kier molecular flexibility index (Phi) is 3.80. The van der Waals surface area contributed by atoms with Gasteiger partial charge in [0.1, 0.15) is 11.9 Å². The fourth-order valence-corrected chi connectivity index (χ4v) is 4.06. The Balaban J connectivity index is 1.82. The van der Waals surface area contributed by atoms with Gasteiger partial charge in [-0.05, 0) is 36.2 Å². The van der Waals surface area contributed by atoms with Crippen LogP contribution in [0.2, 0.25) is 0 Å². The van der Waals surface area contributed by atoms with Crippen LogP contribution in [0.3, 0.4) is 0 Å². The maximum atomic E-state index is 6.15. The Morgan fingerprint density at radius 3 is 2.57 bits per heavy atom. The summed E-state index contributed by atoms with van der Waals surface area (Å²) in [6.07, 6.45) is 1.16. The number of fused-ring (bicyclic) bond motifs is 1. The Labute approximate surface area is 131 Å². The Bertz CT molecular complexity index is 601. The molecule has 0 amide bonds. The van der Waals surface area contributed by atoms with E-state index >= 15 is 0 Å². The Hall–Kier alpha value is -1.32. The van der Waals surface area contributed by atoms with Crippen molar-refractivity contribution in [3.8, 4) is 5.75 Å². The smallest absolute Gasteiger partial charge is 0.123 e. The highest BCUT2D eigenvalue weighted by molar-refractivity contribution is 7.12. The van der Waals surface area contributed by atoms with Gasteiger partial charge in [-0.1, -0.05) is 39.0 Å². The number of thiophene rings is 1. The van der Waals surface area contributed by atoms with Gasteiger partial charge in [-0.2, -0.15) is 0 Å². The van der Waals surface area contributed by atoms with Crippen molar-refractivity contribution in [2.75, 3.05) is 7.05 Å². The molecule has 2 aromatic rings. The Morgan fingerprint density at radius 1 is 1.19 bits per heavy atom. The normalized spacial score (nSPS) is 19.1. The summed E-state index contributed by atoms with van der Waals surface area (Å²) in [4.78, 5) is 2.79. The molecule has 21 heavy (non-hydrogen) atoms. The maximum absolute atomic E-state index is 6.15. The third kappa shape index (κ3) is 2.85. The van der Waals surface area contributed by atoms with E-state index in [-0.39, 0.29) is 17.6 Å². The van der Waals surface area contributed by atoms with Crippen molar-refractivity contribution in [2.24, 2.45) is 0 Å². The number of hydrogen-bond donors (Lipinski definition) is 1. The summed E-state index contributed by atoms with van der Waals surface area (Å²) in [6, 6.07) is 13.1. The standard InChI is InChI=1S/C18H23NOS/c1-18(2,3)16-10-9-15(21-16)17(19-4)14-11-12-7-5-6-8-13(12)20-14/h5-10,14,17,19H,11H2,1-4H3. The quantitative estimate of drug-likeness (QED) is 0.912. The number of nitrogens with one attached hydrogen (secondary N) is 1. The molecule has 1 aromatic heterocycles. The van der Waals surface area contributed by atoms with Crippen LogP contribution in [0.15, 0.2) is 36.4 Å². The van der Waals surface area contributed by atoms with Gasteiger partial charge in [0.05, 0.1) is 6.04 Å². The van der Waals surface area contributed by atoms with Gasteiger partial charge in [-0.3, -0.25) is 0 Å². The van der Waals surface area contributed by atoms with E-state index in [9.17, 15) is 0 Å². The fraction of sp³-hybridized carbons (Fsp3) is 0.444. The lowest BCUT2D eigenvalue weighted by atomic mass is 9.95. The van der Waals surface area contributed by atoms with Gasteiger partial charge in [0.2, 0.25) is 0 Å². The molecular weight excluding hydrogens is 278 g/mol. The van der Waals surface area contributed by atoms with E-state index in [0.29, 0.717) is 0 Å². The van der Waals surface area contributed by atoms with Crippen LogP contribution in [0.5, 0.6) is 5.75 Å². The molecule has 0 spiro atoms. The average Bonchev–Trinajstić information content (AvgIpc) is 3.05. The molecule has 0 radical (unpaired) electrons. The first-order chi connectivity index (χ1) is 9.99. The lowest BCUT2D eigenvalue weighted by Crippen LogP contribution is -2.32. The predicted molar refractivity (Wildman–Crippen MR) is 89.4 cm³/mol. The van der Waals surface area contributed by atoms with Crippen molar-refractivity contribution in [1.29, 1.82) is 0 Å². The molecule has 112 valence electrons. The van der Waals surface area contributed by atoms with Gasteiger partial charge in [0.25, 0.3) is 0 Å². The van der Waals surface area contributed by atoms with Crippen molar-refractivity contribution in [3.63, 3.8) is 0 Å². The fourth-order valence-electron chi connectivity index (χ4n) is 2.83. The number of rotatable bonds is 3. The molecule has 1 aliphatic heterocycles. The van der Waals surface area contributed by atoms with Crippen molar-refractivity contribution in [3.05, 3.63) is 51.7 Å².